The Hall–Kier alpha value is -4.62. The van der Waals surface area contributed by atoms with Gasteiger partial charge in [-0.2, -0.15) is 0 Å². The molecule has 1 nitrogen and oxygen atoms in total. The van der Waals surface area contributed by atoms with Crippen LogP contribution in [0.1, 0.15) is 49.9 Å². The minimum absolute atomic E-state index is 0.0507. The highest BCUT2D eigenvalue weighted by Crippen LogP contribution is 2.56. The van der Waals surface area contributed by atoms with Gasteiger partial charge < -0.3 is 4.57 Å². The van der Waals surface area contributed by atoms with Crippen molar-refractivity contribution >= 4 is 32.6 Å². The summed E-state index contributed by atoms with van der Waals surface area (Å²) in [5.41, 5.74) is 14.8. The normalized spacial score (nSPS) is 15.7. The third kappa shape index (κ3) is 2.72. The predicted octanol–water partition coefficient (Wildman–Crippen LogP) is 10.5. The highest BCUT2D eigenvalue weighted by atomic mass is 15.0. The number of rotatable bonds is 1. The van der Waals surface area contributed by atoms with Crippen molar-refractivity contribution in [2.24, 2.45) is 0 Å². The van der Waals surface area contributed by atoms with Crippen LogP contribution in [0.3, 0.4) is 0 Å². The molecule has 0 spiro atoms. The van der Waals surface area contributed by atoms with Gasteiger partial charge in [-0.15, -0.1) is 0 Å². The van der Waals surface area contributed by atoms with Crippen LogP contribution >= 0.6 is 0 Å². The van der Waals surface area contributed by atoms with Gasteiger partial charge in [-0.25, -0.2) is 0 Å². The lowest BCUT2D eigenvalue weighted by molar-refractivity contribution is 0.659. The molecule has 1 heterocycles. The number of benzene rings is 6. The van der Waals surface area contributed by atoms with Gasteiger partial charge in [0.05, 0.1) is 11.0 Å². The zero-order valence-electron chi connectivity index (χ0n) is 23.9. The number of para-hydroxylation sites is 1. The average molecular weight is 526 g/mol. The van der Waals surface area contributed by atoms with Gasteiger partial charge in [-0.05, 0) is 73.5 Å². The first-order valence-corrected chi connectivity index (χ1v) is 14.7. The third-order valence-corrected chi connectivity index (χ3v) is 10.1. The highest BCUT2D eigenvalue weighted by Gasteiger charge is 2.40. The quantitative estimate of drug-likeness (QED) is 0.201. The molecule has 196 valence electrons. The molecule has 0 radical (unpaired) electrons. The lowest BCUT2D eigenvalue weighted by atomic mass is 9.80. The molecular weight excluding hydrogens is 494 g/mol. The monoisotopic (exact) mass is 525 g/mol. The van der Waals surface area contributed by atoms with Gasteiger partial charge in [0, 0.05) is 27.3 Å². The zero-order valence-corrected chi connectivity index (χ0v) is 23.9. The first-order chi connectivity index (χ1) is 19.9. The topological polar surface area (TPSA) is 4.93 Å². The molecule has 2 aliphatic carbocycles. The predicted molar refractivity (Wildman–Crippen MR) is 173 cm³/mol. The van der Waals surface area contributed by atoms with Gasteiger partial charge in [0.2, 0.25) is 0 Å². The Balaban J connectivity index is 1.48. The maximum atomic E-state index is 2.57. The lowest BCUT2D eigenvalue weighted by Gasteiger charge is -2.25. The van der Waals surface area contributed by atoms with E-state index in [1.165, 1.54) is 82.8 Å². The third-order valence-electron chi connectivity index (χ3n) is 10.1. The van der Waals surface area contributed by atoms with Crippen LogP contribution in [0, 0.1) is 0 Å². The number of nitrogens with zero attached hydrogens (tertiary/aromatic N) is 1. The Bertz CT molecular complexity index is 2260. The summed E-state index contributed by atoms with van der Waals surface area (Å²) >= 11 is 0. The Morgan fingerprint density at radius 2 is 1.07 bits per heavy atom. The number of hydrogen-bond donors (Lipinski definition) is 0. The van der Waals surface area contributed by atoms with Crippen molar-refractivity contribution in [2.75, 3.05) is 0 Å². The van der Waals surface area contributed by atoms with E-state index in [1.807, 2.05) is 0 Å². The Morgan fingerprint density at radius 1 is 0.488 bits per heavy atom. The SMILES string of the molecule is CC1(C)c2ccccc2-c2ccc(-n3c4ccccc4c4c5ccccc5c5c(c43)C(C)(C)c3ccccc3-5)cc21. The van der Waals surface area contributed by atoms with Gasteiger partial charge in [-0.3, -0.25) is 0 Å². The molecule has 41 heavy (non-hydrogen) atoms. The van der Waals surface area contributed by atoms with Gasteiger partial charge in [-0.1, -0.05) is 125 Å². The van der Waals surface area contributed by atoms with Crippen LogP contribution < -0.4 is 0 Å². The van der Waals surface area contributed by atoms with Crippen molar-refractivity contribution in [1.29, 1.82) is 0 Å². The molecule has 0 unspecified atom stereocenters. The molecule has 9 rings (SSSR count). The average Bonchev–Trinajstić information content (AvgIpc) is 3.55. The lowest BCUT2D eigenvalue weighted by Crippen LogP contribution is -2.17. The van der Waals surface area contributed by atoms with E-state index in [-0.39, 0.29) is 10.8 Å². The fourth-order valence-electron chi connectivity index (χ4n) is 8.29. The van der Waals surface area contributed by atoms with Gasteiger partial charge in [0.1, 0.15) is 0 Å². The molecule has 1 heteroatoms. The van der Waals surface area contributed by atoms with Crippen molar-refractivity contribution < 1.29 is 0 Å². The standard InChI is InChI=1S/C40H31N/c1-39(2)31-18-10-7-13-25(31)26-22-21-24(23-33(26)39)41-34-20-12-9-17-30(34)36-28-15-6-5-14-27(28)35-29-16-8-11-19-32(29)40(3,4)37(35)38(36)41/h5-23H,1-4H3. The molecule has 0 bridgehead atoms. The second-order valence-electron chi connectivity index (χ2n) is 12.9. The summed E-state index contributed by atoms with van der Waals surface area (Å²) in [5, 5.41) is 5.36. The molecule has 0 fully saturated rings. The van der Waals surface area contributed by atoms with E-state index in [0.717, 1.165) is 0 Å². The molecule has 1 aromatic heterocycles. The molecule has 0 amide bonds. The van der Waals surface area contributed by atoms with Crippen molar-refractivity contribution in [3.05, 3.63) is 138 Å². The molecule has 0 N–H and O–H groups in total. The molecule has 6 aromatic carbocycles. The van der Waals surface area contributed by atoms with E-state index < -0.39 is 0 Å². The van der Waals surface area contributed by atoms with Crippen molar-refractivity contribution in [3.63, 3.8) is 0 Å². The van der Waals surface area contributed by atoms with E-state index >= 15 is 0 Å². The summed E-state index contributed by atoms with van der Waals surface area (Å²) in [6.45, 7) is 9.57. The maximum absolute atomic E-state index is 2.57. The largest absolute Gasteiger partial charge is 0.309 e. The molecule has 0 saturated carbocycles. The number of hydrogen-bond acceptors (Lipinski definition) is 0. The fourth-order valence-corrected chi connectivity index (χ4v) is 8.29. The molecule has 2 aliphatic rings. The van der Waals surface area contributed by atoms with E-state index in [2.05, 4.69) is 148 Å². The van der Waals surface area contributed by atoms with Crippen LogP contribution in [0.5, 0.6) is 0 Å². The second kappa shape index (κ2) is 7.56. The zero-order chi connectivity index (χ0) is 27.7. The van der Waals surface area contributed by atoms with E-state index in [9.17, 15) is 0 Å². The smallest absolute Gasteiger partial charge is 0.0594 e. The van der Waals surface area contributed by atoms with E-state index in [1.54, 1.807) is 0 Å². The van der Waals surface area contributed by atoms with Gasteiger partial charge in [0.15, 0.2) is 0 Å². The van der Waals surface area contributed by atoms with Crippen LogP contribution in [0.15, 0.2) is 115 Å². The summed E-state index contributed by atoms with van der Waals surface area (Å²) in [5.74, 6) is 0. The van der Waals surface area contributed by atoms with Gasteiger partial charge in [0.25, 0.3) is 0 Å². The Kier molecular flexibility index (Phi) is 4.26. The maximum Gasteiger partial charge on any atom is 0.0594 e. The summed E-state index contributed by atoms with van der Waals surface area (Å²) < 4.78 is 2.57. The summed E-state index contributed by atoms with van der Waals surface area (Å²) in [4.78, 5) is 0. The van der Waals surface area contributed by atoms with Crippen molar-refractivity contribution in [1.82, 2.24) is 4.57 Å². The Labute approximate surface area is 240 Å². The van der Waals surface area contributed by atoms with E-state index in [0.29, 0.717) is 0 Å². The van der Waals surface area contributed by atoms with Crippen LogP contribution in [0.4, 0.5) is 0 Å². The van der Waals surface area contributed by atoms with Crippen LogP contribution in [-0.2, 0) is 10.8 Å². The summed E-state index contributed by atoms with van der Waals surface area (Å²) in [6.07, 6.45) is 0. The van der Waals surface area contributed by atoms with Gasteiger partial charge >= 0.3 is 0 Å². The molecule has 7 aromatic rings. The summed E-state index contributed by atoms with van der Waals surface area (Å²) in [6, 6.07) is 43.2. The molecule has 0 aliphatic heterocycles. The number of fused-ring (bicyclic) bond motifs is 13. The van der Waals surface area contributed by atoms with E-state index in [4.69, 9.17) is 0 Å². The molecule has 0 atom stereocenters. The highest BCUT2D eigenvalue weighted by molar-refractivity contribution is 6.27. The fraction of sp³-hybridized carbons (Fsp3) is 0.150. The van der Waals surface area contributed by atoms with Crippen LogP contribution in [0.2, 0.25) is 0 Å². The first kappa shape index (κ1) is 23.1. The first-order valence-electron chi connectivity index (χ1n) is 14.7. The van der Waals surface area contributed by atoms with Crippen molar-refractivity contribution in [2.45, 2.75) is 38.5 Å². The minimum atomic E-state index is -0.132. The second-order valence-corrected chi connectivity index (χ2v) is 12.9. The summed E-state index contributed by atoms with van der Waals surface area (Å²) in [7, 11) is 0. The van der Waals surface area contributed by atoms with Crippen LogP contribution in [0.25, 0.3) is 60.5 Å². The number of aromatic nitrogens is 1. The molecular formula is C40H31N. The molecule has 0 saturated heterocycles. The Morgan fingerprint density at radius 3 is 1.85 bits per heavy atom. The van der Waals surface area contributed by atoms with Crippen molar-refractivity contribution in [3.8, 4) is 27.9 Å². The van der Waals surface area contributed by atoms with Crippen LogP contribution in [-0.4, -0.2) is 4.57 Å². The minimum Gasteiger partial charge on any atom is -0.309 e.